The second-order valence-corrected chi connectivity index (χ2v) is 6.00. The molecule has 2 fully saturated rings. The smallest absolute Gasteiger partial charge is 0.407 e. The first-order valence-corrected chi connectivity index (χ1v) is 6.91. The van der Waals surface area contributed by atoms with Crippen LogP contribution in [0.1, 0.15) is 0 Å². The van der Waals surface area contributed by atoms with Crippen LogP contribution in [0, 0.1) is 11.8 Å². The molecule has 18 heavy (non-hydrogen) atoms. The van der Waals surface area contributed by atoms with Crippen molar-refractivity contribution in [3.8, 4) is 0 Å². The molecule has 0 radical (unpaired) electrons. The first kappa shape index (κ1) is 11.8. The number of benzene rings is 1. The normalized spacial score (nSPS) is 26.5. The molecule has 2 heterocycles. The summed E-state index contributed by atoms with van der Waals surface area (Å²) >= 11 is 3.44. The van der Waals surface area contributed by atoms with Crippen LogP contribution < -0.4 is 4.90 Å². The van der Waals surface area contributed by atoms with Crippen molar-refractivity contribution in [1.82, 2.24) is 4.90 Å². The molecule has 2 saturated heterocycles. The Labute approximate surface area is 114 Å². The van der Waals surface area contributed by atoms with E-state index >= 15 is 0 Å². The molecule has 0 saturated carbocycles. The third kappa shape index (κ3) is 2.07. The van der Waals surface area contributed by atoms with E-state index < -0.39 is 6.09 Å². The van der Waals surface area contributed by atoms with Crippen LogP contribution in [-0.4, -0.2) is 42.3 Å². The van der Waals surface area contributed by atoms with Crippen molar-refractivity contribution in [1.29, 1.82) is 0 Å². The van der Waals surface area contributed by atoms with E-state index in [2.05, 4.69) is 33.0 Å². The Morgan fingerprint density at radius 1 is 1.11 bits per heavy atom. The van der Waals surface area contributed by atoms with Crippen molar-refractivity contribution in [2.24, 2.45) is 11.8 Å². The van der Waals surface area contributed by atoms with Crippen LogP contribution in [0.4, 0.5) is 10.5 Å². The molecule has 0 unspecified atom stereocenters. The highest BCUT2D eigenvalue weighted by Crippen LogP contribution is 2.34. The Kier molecular flexibility index (Phi) is 2.93. The zero-order chi connectivity index (χ0) is 12.7. The monoisotopic (exact) mass is 310 g/mol. The van der Waals surface area contributed by atoms with Crippen molar-refractivity contribution < 1.29 is 9.90 Å². The average molecular weight is 311 g/mol. The van der Waals surface area contributed by atoms with Gasteiger partial charge in [0, 0.05) is 48.2 Å². The lowest BCUT2D eigenvalue weighted by Gasteiger charge is -2.21. The number of nitrogens with zero attached hydrogens (tertiary/aromatic N) is 2. The summed E-state index contributed by atoms with van der Waals surface area (Å²) in [5.41, 5.74) is 1.23. The van der Waals surface area contributed by atoms with E-state index in [4.69, 9.17) is 5.11 Å². The number of anilines is 1. The van der Waals surface area contributed by atoms with Crippen molar-refractivity contribution in [2.75, 3.05) is 31.1 Å². The highest BCUT2D eigenvalue weighted by atomic mass is 79.9. The molecular formula is C13H15BrN2O2. The summed E-state index contributed by atoms with van der Waals surface area (Å²) in [6, 6.07) is 8.32. The molecule has 1 N–H and O–H groups in total. The Morgan fingerprint density at radius 2 is 1.67 bits per heavy atom. The number of hydrogen-bond acceptors (Lipinski definition) is 2. The number of amides is 1. The molecule has 0 aliphatic carbocycles. The predicted octanol–water partition coefficient (Wildman–Crippen LogP) is 2.50. The Morgan fingerprint density at radius 3 is 2.17 bits per heavy atom. The van der Waals surface area contributed by atoms with Crippen LogP contribution in [0.5, 0.6) is 0 Å². The summed E-state index contributed by atoms with van der Waals surface area (Å²) in [6.45, 7) is 3.31. The lowest BCUT2D eigenvalue weighted by atomic mass is 10.0. The van der Waals surface area contributed by atoms with Gasteiger partial charge in [0.25, 0.3) is 0 Å². The number of likely N-dealkylation sites (tertiary alicyclic amines) is 1. The van der Waals surface area contributed by atoms with Crippen LogP contribution >= 0.6 is 15.9 Å². The molecule has 0 spiro atoms. The topological polar surface area (TPSA) is 43.8 Å². The van der Waals surface area contributed by atoms with Crippen LogP contribution in [0.15, 0.2) is 28.7 Å². The quantitative estimate of drug-likeness (QED) is 0.866. The zero-order valence-electron chi connectivity index (χ0n) is 9.92. The van der Waals surface area contributed by atoms with Crippen LogP contribution in [-0.2, 0) is 0 Å². The largest absolute Gasteiger partial charge is 0.465 e. The van der Waals surface area contributed by atoms with E-state index in [0.717, 1.165) is 17.6 Å². The molecule has 0 bridgehead atoms. The van der Waals surface area contributed by atoms with Gasteiger partial charge in [0.2, 0.25) is 0 Å². The lowest BCUT2D eigenvalue weighted by molar-refractivity contribution is 0.153. The van der Waals surface area contributed by atoms with E-state index in [1.807, 2.05) is 12.1 Å². The van der Waals surface area contributed by atoms with Crippen molar-refractivity contribution in [3.05, 3.63) is 28.7 Å². The SMILES string of the molecule is O=C(O)N1C[C@@H]2CN(c3ccc(Br)cc3)C[C@@H]2C1. The molecule has 1 aromatic rings. The second-order valence-electron chi connectivity index (χ2n) is 5.09. The van der Waals surface area contributed by atoms with Crippen molar-refractivity contribution in [3.63, 3.8) is 0 Å². The van der Waals surface area contributed by atoms with Gasteiger partial charge in [-0.25, -0.2) is 4.79 Å². The summed E-state index contributed by atoms with van der Waals surface area (Å²) in [6.07, 6.45) is -0.778. The minimum absolute atomic E-state index is 0.491. The highest BCUT2D eigenvalue weighted by molar-refractivity contribution is 9.10. The summed E-state index contributed by atoms with van der Waals surface area (Å²) < 4.78 is 1.09. The number of hydrogen-bond donors (Lipinski definition) is 1. The van der Waals surface area contributed by atoms with Crippen LogP contribution in [0.3, 0.4) is 0 Å². The van der Waals surface area contributed by atoms with Gasteiger partial charge in [-0.1, -0.05) is 15.9 Å². The molecule has 2 atom stereocenters. The zero-order valence-corrected chi connectivity index (χ0v) is 11.5. The maximum absolute atomic E-state index is 10.9. The van der Waals surface area contributed by atoms with Gasteiger partial charge in [-0.3, -0.25) is 0 Å². The fourth-order valence-corrected chi connectivity index (χ4v) is 3.28. The van der Waals surface area contributed by atoms with Crippen LogP contribution in [0.2, 0.25) is 0 Å². The molecule has 96 valence electrons. The summed E-state index contributed by atoms with van der Waals surface area (Å²) in [5, 5.41) is 8.99. The third-order valence-electron chi connectivity index (χ3n) is 3.95. The molecule has 0 aromatic heterocycles. The lowest BCUT2D eigenvalue weighted by Crippen LogP contribution is -2.32. The molecule has 1 amide bonds. The van der Waals surface area contributed by atoms with Gasteiger partial charge in [-0.05, 0) is 24.3 Å². The molecule has 2 aliphatic heterocycles. The van der Waals surface area contributed by atoms with Gasteiger partial charge < -0.3 is 14.9 Å². The minimum atomic E-state index is -0.778. The molecule has 1 aromatic carbocycles. The molecule has 5 heteroatoms. The minimum Gasteiger partial charge on any atom is -0.465 e. The number of carbonyl (C=O) groups is 1. The highest BCUT2D eigenvalue weighted by Gasteiger charge is 2.41. The van der Waals surface area contributed by atoms with Gasteiger partial charge in [-0.15, -0.1) is 0 Å². The van der Waals surface area contributed by atoms with Gasteiger partial charge in [0.1, 0.15) is 0 Å². The predicted molar refractivity (Wildman–Crippen MR) is 72.9 cm³/mol. The van der Waals surface area contributed by atoms with E-state index in [0.29, 0.717) is 24.9 Å². The average Bonchev–Trinajstić information content (AvgIpc) is 2.87. The van der Waals surface area contributed by atoms with Gasteiger partial charge in [0.05, 0.1) is 0 Å². The molecular weight excluding hydrogens is 296 g/mol. The Bertz CT molecular complexity index is 449. The van der Waals surface area contributed by atoms with Crippen molar-refractivity contribution in [2.45, 2.75) is 0 Å². The summed E-state index contributed by atoms with van der Waals surface area (Å²) in [4.78, 5) is 14.8. The molecule has 3 rings (SSSR count). The summed E-state index contributed by atoms with van der Waals surface area (Å²) in [5.74, 6) is 0.981. The van der Waals surface area contributed by atoms with Crippen molar-refractivity contribution >= 4 is 27.7 Å². The molecule has 2 aliphatic rings. The van der Waals surface area contributed by atoms with E-state index in [-0.39, 0.29) is 0 Å². The fourth-order valence-electron chi connectivity index (χ4n) is 3.01. The number of carboxylic acid groups (broad SMARTS) is 1. The van der Waals surface area contributed by atoms with E-state index in [1.54, 1.807) is 4.90 Å². The maximum Gasteiger partial charge on any atom is 0.407 e. The summed E-state index contributed by atoms with van der Waals surface area (Å²) in [7, 11) is 0. The Hall–Kier alpha value is -1.23. The maximum atomic E-state index is 10.9. The van der Waals surface area contributed by atoms with Crippen LogP contribution in [0.25, 0.3) is 0 Å². The fraction of sp³-hybridized carbons (Fsp3) is 0.462. The number of rotatable bonds is 1. The van der Waals surface area contributed by atoms with E-state index in [9.17, 15) is 4.79 Å². The number of halogens is 1. The Balaban J connectivity index is 1.68. The standard InChI is InChI=1S/C13H15BrN2O2/c14-11-1-3-12(4-2-11)15-5-9-7-16(13(17)18)8-10(9)6-15/h1-4,9-10H,5-8H2,(H,17,18)/t9-,10+. The first-order chi connectivity index (χ1) is 8.63. The van der Waals surface area contributed by atoms with Gasteiger partial charge in [-0.2, -0.15) is 0 Å². The van der Waals surface area contributed by atoms with E-state index in [1.165, 1.54) is 5.69 Å². The van der Waals surface area contributed by atoms with Gasteiger partial charge in [0.15, 0.2) is 0 Å². The second kappa shape index (κ2) is 4.46. The van der Waals surface area contributed by atoms with Gasteiger partial charge >= 0.3 is 6.09 Å². The first-order valence-electron chi connectivity index (χ1n) is 6.12. The molecule has 4 nitrogen and oxygen atoms in total. The number of fused-ring (bicyclic) bond motifs is 1. The third-order valence-corrected chi connectivity index (χ3v) is 4.48.